The van der Waals surface area contributed by atoms with Gasteiger partial charge in [0.1, 0.15) is 5.60 Å². The Kier molecular flexibility index (Phi) is 4.89. The van der Waals surface area contributed by atoms with E-state index < -0.39 is 5.60 Å². The van der Waals surface area contributed by atoms with E-state index in [1.807, 2.05) is 29.2 Å². The lowest BCUT2D eigenvalue weighted by molar-refractivity contribution is -0.150. The number of hydrogen-bond donors (Lipinski definition) is 0. The van der Waals surface area contributed by atoms with Gasteiger partial charge in [0.15, 0.2) is 0 Å². The summed E-state index contributed by atoms with van der Waals surface area (Å²) >= 11 is 5.97. The maximum Gasteiger partial charge on any atom is 0.335 e. The topological polar surface area (TPSA) is 49.9 Å². The number of carbonyl (C=O) groups is 2. The predicted molar refractivity (Wildman–Crippen MR) is 105 cm³/mol. The summed E-state index contributed by atoms with van der Waals surface area (Å²) in [6, 6.07) is 7.79. The van der Waals surface area contributed by atoms with Crippen LogP contribution < -0.4 is 4.90 Å². The molecule has 1 spiro atoms. The average Bonchev–Trinajstić information content (AvgIpc) is 2.92. The number of rotatable bonds is 2. The van der Waals surface area contributed by atoms with Crippen LogP contribution in [0.3, 0.4) is 0 Å². The third-order valence-electron chi connectivity index (χ3n) is 6.06. The zero-order chi connectivity index (χ0) is 19.0. The molecule has 2 fully saturated rings. The van der Waals surface area contributed by atoms with Gasteiger partial charge in [0, 0.05) is 42.5 Å². The van der Waals surface area contributed by atoms with Gasteiger partial charge in [-0.25, -0.2) is 4.79 Å². The summed E-state index contributed by atoms with van der Waals surface area (Å²) in [5.74, 6) is -0.337. The van der Waals surface area contributed by atoms with Crippen LogP contribution in [0, 0.1) is 0 Å². The number of nitrogens with zero attached hydrogens (tertiary/aromatic N) is 2. The fourth-order valence-electron chi connectivity index (χ4n) is 4.56. The third kappa shape index (κ3) is 3.33. The Morgan fingerprint density at radius 1 is 1.04 bits per heavy atom. The van der Waals surface area contributed by atoms with Crippen LogP contribution in [0.1, 0.15) is 39.0 Å². The van der Waals surface area contributed by atoms with E-state index in [4.69, 9.17) is 16.3 Å². The van der Waals surface area contributed by atoms with Gasteiger partial charge in [-0.3, -0.25) is 4.79 Å². The number of halogens is 1. The molecule has 1 aromatic rings. The van der Waals surface area contributed by atoms with E-state index in [1.165, 1.54) is 0 Å². The second-order valence-corrected chi connectivity index (χ2v) is 8.14. The highest BCUT2D eigenvalue weighted by atomic mass is 35.5. The number of esters is 1. The molecule has 4 rings (SSSR count). The van der Waals surface area contributed by atoms with Crippen molar-refractivity contribution in [1.82, 2.24) is 4.90 Å². The van der Waals surface area contributed by atoms with E-state index >= 15 is 0 Å². The Balaban J connectivity index is 1.48. The van der Waals surface area contributed by atoms with Gasteiger partial charge >= 0.3 is 5.97 Å². The summed E-state index contributed by atoms with van der Waals surface area (Å²) in [5, 5.41) is 0.721. The summed E-state index contributed by atoms with van der Waals surface area (Å²) in [7, 11) is 0. The van der Waals surface area contributed by atoms with Crippen LogP contribution in [0.15, 0.2) is 35.4 Å². The lowest BCUT2D eigenvalue weighted by Crippen LogP contribution is -2.51. The Labute approximate surface area is 164 Å². The predicted octanol–water partition coefficient (Wildman–Crippen LogP) is 3.56. The standard InChI is InChI=1S/C21H25ClN2O3/c1-15-18(21(27-20(15)26)9-3-2-4-10-21)19(25)24-13-11-23(12-14-24)17-7-5-16(22)6-8-17/h5-8H,2-4,9-14H2,1H3. The van der Waals surface area contributed by atoms with Gasteiger partial charge in [-0.2, -0.15) is 0 Å². The van der Waals surface area contributed by atoms with E-state index in [0.29, 0.717) is 24.2 Å². The number of anilines is 1. The highest BCUT2D eigenvalue weighted by Crippen LogP contribution is 2.44. The quantitative estimate of drug-likeness (QED) is 0.727. The minimum absolute atomic E-state index is 0.0176. The Morgan fingerprint density at radius 3 is 2.30 bits per heavy atom. The van der Waals surface area contributed by atoms with Crippen molar-refractivity contribution >= 4 is 29.2 Å². The minimum Gasteiger partial charge on any atom is -0.451 e. The maximum atomic E-state index is 13.3. The first-order valence-electron chi connectivity index (χ1n) is 9.75. The van der Waals surface area contributed by atoms with E-state index in [-0.39, 0.29) is 11.9 Å². The lowest BCUT2D eigenvalue weighted by atomic mass is 9.78. The van der Waals surface area contributed by atoms with Crippen molar-refractivity contribution in [3.63, 3.8) is 0 Å². The molecule has 0 N–H and O–H groups in total. The van der Waals surface area contributed by atoms with Gasteiger partial charge in [-0.15, -0.1) is 0 Å². The number of benzene rings is 1. The molecule has 6 heteroatoms. The van der Waals surface area contributed by atoms with Gasteiger partial charge in [0.25, 0.3) is 5.91 Å². The number of hydrogen-bond acceptors (Lipinski definition) is 4. The average molecular weight is 389 g/mol. The van der Waals surface area contributed by atoms with Crippen molar-refractivity contribution in [2.45, 2.75) is 44.6 Å². The number of piperazine rings is 1. The fraction of sp³-hybridized carbons (Fsp3) is 0.524. The minimum atomic E-state index is -0.677. The van der Waals surface area contributed by atoms with Crippen LogP contribution in [-0.4, -0.2) is 48.6 Å². The molecule has 0 bridgehead atoms. The molecule has 1 amide bonds. The molecule has 3 aliphatic rings. The van der Waals surface area contributed by atoms with Gasteiger partial charge < -0.3 is 14.5 Å². The molecule has 0 aromatic heterocycles. The summed E-state index contributed by atoms with van der Waals surface area (Å²) in [5.41, 5.74) is 1.56. The van der Waals surface area contributed by atoms with Gasteiger partial charge in [0.05, 0.1) is 5.57 Å². The fourth-order valence-corrected chi connectivity index (χ4v) is 4.68. The van der Waals surface area contributed by atoms with Crippen LogP contribution in [0.4, 0.5) is 5.69 Å². The van der Waals surface area contributed by atoms with Crippen LogP contribution >= 0.6 is 11.6 Å². The van der Waals surface area contributed by atoms with Crippen LogP contribution in [0.5, 0.6) is 0 Å². The summed E-state index contributed by atoms with van der Waals surface area (Å²) in [6.07, 6.45) is 4.67. The van der Waals surface area contributed by atoms with Crippen molar-refractivity contribution in [3.05, 3.63) is 40.4 Å². The van der Waals surface area contributed by atoms with Gasteiger partial charge in [-0.05, 0) is 56.9 Å². The molecule has 2 heterocycles. The summed E-state index contributed by atoms with van der Waals surface area (Å²) in [4.78, 5) is 29.7. The molecule has 1 aliphatic carbocycles. The first-order valence-corrected chi connectivity index (χ1v) is 10.1. The molecule has 0 atom stereocenters. The molecule has 5 nitrogen and oxygen atoms in total. The van der Waals surface area contributed by atoms with Crippen LogP contribution in [-0.2, 0) is 14.3 Å². The highest BCUT2D eigenvalue weighted by molar-refractivity contribution is 6.30. The van der Waals surface area contributed by atoms with Crippen molar-refractivity contribution in [3.8, 4) is 0 Å². The van der Waals surface area contributed by atoms with Crippen molar-refractivity contribution in [2.24, 2.45) is 0 Å². The zero-order valence-electron chi connectivity index (χ0n) is 15.7. The Bertz CT molecular complexity index is 773. The van der Waals surface area contributed by atoms with E-state index in [2.05, 4.69) is 4.90 Å². The molecule has 1 saturated carbocycles. The largest absolute Gasteiger partial charge is 0.451 e. The summed E-state index contributed by atoms with van der Waals surface area (Å²) in [6.45, 7) is 4.55. The Hall–Kier alpha value is -2.01. The van der Waals surface area contributed by atoms with Crippen LogP contribution in [0.25, 0.3) is 0 Å². The second-order valence-electron chi connectivity index (χ2n) is 7.70. The molecule has 27 heavy (non-hydrogen) atoms. The number of carbonyl (C=O) groups excluding carboxylic acids is 2. The maximum absolute atomic E-state index is 13.3. The normalized spacial score (nSPS) is 22.4. The highest BCUT2D eigenvalue weighted by Gasteiger charge is 2.50. The molecule has 1 aromatic carbocycles. The van der Waals surface area contributed by atoms with E-state index in [9.17, 15) is 9.59 Å². The van der Waals surface area contributed by atoms with Gasteiger partial charge in [0.2, 0.25) is 0 Å². The number of ether oxygens (including phenoxy) is 1. The zero-order valence-corrected chi connectivity index (χ0v) is 16.4. The van der Waals surface area contributed by atoms with E-state index in [0.717, 1.165) is 55.9 Å². The van der Waals surface area contributed by atoms with Crippen molar-refractivity contribution in [1.29, 1.82) is 0 Å². The molecule has 0 radical (unpaired) electrons. The monoisotopic (exact) mass is 388 g/mol. The van der Waals surface area contributed by atoms with Crippen LogP contribution in [0.2, 0.25) is 5.02 Å². The molecule has 1 saturated heterocycles. The van der Waals surface area contributed by atoms with Crippen molar-refractivity contribution in [2.75, 3.05) is 31.1 Å². The van der Waals surface area contributed by atoms with Crippen molar-refractivity contribution < 1.29 is 14.3 Å². The van der Waals surface area contributed by atoms with Gasteiger partial charge in [-0.1, -0.05) is 18.0 Å². The smallest absolute Gasteiger partial charge is 0.335 e. The molecule has 2 aliphatic heterocycles. The lowest BCUT2D eigenvalue weighted by Gasteiger charge is -2.39. The molecule has 0 unspecified atom stereocenters. The Morgan fingerprint density at radius 2 is 1.67 bits per heavy atom. The summed E-state index contributed by atoms with van der Waals surface area (Å²) < 4.78 is 5.74. The van der Waals surface area contributed by atoms with E-state index in [1.54, 1.807) is 6.92 Å². The molecule has 144 valence electrons. The number of amides is 1. The first-order chi connectivity index (χ1) is 13.0. The second kappa shape index (κ2) is 7.19. The molecular weight excluding hydrogens is 364 g/mol. The molecular formula is C21H25ClN2O3. The SMILES string of the molecule is CC1=C(C(=O)N2CCN(c3ccc(Cl)cc3)CC2)C2(CCCCC2)OC1=O. The third-order valence-corrected chi connectivity index (χ3v) is 6.31. The first kappa shape index (κ1) is 18.4.